The molecule has 0 aliphatic carbocycles. The van der Waals surface area contributed by atoms with E-state index in [-0.39, 0.29) is 30.9 Å². The molecule has 0 aliphatic heterocycles. The first-order valence-electron chi connectivity index (χ1n) is 23.9. The minimum absolute atomic E-state index is 0.0457. The molecule has 0 radical (unpaired) electrons. The van der Waals surface area contributed by atoms with Gasteiger partial charge < -0.3 is 25.6 Å². The standard InChI is InChI=1S/C49H88N2O7/c1-3-5-7-9-11-13-15-16-17-18-19-20-21-22-24-26-28-33-37-41-48(55)58-44(38-34-30-27-25-23-14-12-10-8-6-4-2)39-35-31-29-32-36-40-46(53)50-42-47(54)51-45(43-52)49(56)57/h11,13,16-17,25,27,44-45,52H,3-10,12,14-15,18-24,26,28-43H2,1-2H3,(H,50,53)(H,51,54)(H,56,57)/b13-11-,17-16-,27-25-. The highest BCUT2D eigenvalue weighted by molar-refractivity contribution is 5.87. The van der Waals surface area contributed by atoms with Crippen molar-refractivity contribution in [3.8, 4) is 0 Å². The van der Waals surface area contributed by atoms with Gasteiger partial charge in [0, 0.05) is 12.8 Å². The van der Waals surface area contributed by atoms with Crippen molar-refractivity contribution in [1.82, 2.24) is 10.6 Å². The molecule has 0 saturated carbocycles. The van der Waals surface area contributed by atoms with Gasteiger partial charge in [0.05, 0.1) is 13.2 Å². The number of ether oxygens (including phenoxy) is 1. The van der Waals surface area contributed by atoms with E-state index in [0.717, 1.165) is 77.0 Å². The van der Waals surface area contributed by atoms with Gasteiger partial charge in [-0.2, -0.15) is 0 Å². The Labute approximate surface area is 355 Å². The molecule has 0 aromatic heterocycles. The molecular weight excluding hydrogens is 729 g/mol. The Balaban J connectivity index is 4.27. The summed E-state index contributed by atoms with van der Waals surface area (Å²) in [6.07, 6.45) is 50.3. The van der Waals surface area contributed by atoms with E-state index in [9.17, 15) is 19.2 Å². The average Bonchev–Trinajstić information content (AvgIpc) is 3.21. The SMILES string of the molecule is CCCCC/C=C\C/C=C\CCCCCCCCCCCC(=O)OC(CCC/C=C\CCCCCCCC)CCCCCCCC(=O)NCC(=O)NC(CO)C(=O)O. The summed E-state index contributed by atoms with van der Waals surface area (Å²) in [5.41, 5.74) is 0. The van der Waals surface area contributed by atoms with Crippen LogP contribution in [0, 0.1) is 0 Å². The van der Waals surface area contributed by atoms with Gasteiger partial charge >= 0.3 is 11.9 Å². The van der Waals surface area contributed by atoms with Crippen LogP contribution in [0.2, 0.25) is 0 Å². The number of carbonyl (C=O) groups excluding carboxylic acids is 3. The fourth-order valence-corrected chi connectivity index (χ4v) is 6.92. The van der Waals surface area contributed by atoms with Crippen molar-refractivity contribution in [2.75, 3.05) is 13.2 Å². The van der Waals surface area contributed by atoms with Crippen molar-refractivity contribution in [2.45, 2.75) is 238 Å². The molecule has 2 amide bonds. The van der Waals surface area contributed by atoms with E-state index in [1.54, 1.807) is 0 Å². The molecule has 0 heterocycles. The lowest BCUT2D eigenvalue weighted by Crippen LogP contribution is -2.47. The van der Waals surface area contributed by atoms with Gasteiger partial charge in [-0.25, -0.2) is 4.79 Å². The van der Waals surface area contributed by atoms with Crippen LogP contribution in [-0.2, 0) is 23.9 Å². The minimum Gasteiger partial charge on any atom is -0.480 e. The summed E-state index contributed by atoms with van der Waals surface area (Å²) in [7, 11) is 0. The van der Waals surface area contributed by atoms with Gasteiger partial charge in [-0.3, -0.25) is 14.4 Å². The van der Waals surface area contributed by atoms with E-state index in [4.69, 9.17) is 14.9 Å². The Bertz CT molecular complexity index is 1070. The Morgan fingerprint density at radius 2 is 0.948 bits per heavy atom. The lowest BCUT2D eigenvalue weighted by Gasteiger charge is -2.18. The fraction of sp³-hybridized carbons (Fsp3) is 0.796. The third-order valence-corrected chi connectivity index (χ3v) is 10.6. The highest BCUT2D eigenvalue weighted by Crippen LogP contribution is 2.18. The van der Waals surface area contributed by atoms with Gasteiger partial charge in [-0.15, -0.1) is 0 Å². The summed E-state index contributed by atoms with van der Waals surface area (Å²) in [6.45, 7) is 3.46. The third kappa shape index (κ3) is 39.9. The van der Waals surface area contributed by atoms with E-state index < -0.39 is 24.5 Å². The topological polar surface area (TPSA) is 142 Å². The summed E-state index contributed by atoms with van der Waals surface area (Å²) in [4.78, 5) is 47.7. The number of hydrogen-bond acceptors (Lipinski definition) is 6. The number of allylic oxidation sites excluding steroid dienone is 6. The van der Waals surface area contributed by atoms with Crippen LogP contribution in [0.3, 0.4) is 0 Å². The van der Waals surface area contributed by atoms with Crippen LogP contribution in [0.4, 0.5) is 0 Å². The molecule has 58 heavy (non-hydrogen) atoms. The van der Waals surface area contributed by atoms with E-state index in [0.29, 0.717) is 12.8 Å². The molecule has 336 valence electrons. The van der Waals surface area contributed by atoms with Crippen LogP contribution in [0.15, 0.2) is 36.5 Å². The first-order valence-corrected chi connectivity index (χ1v) is 23.9. The van der Waals surface area contributed by atoms with Crippen molar-refractivity contribution < 1.29 is 34.1 Å². The lowest BCUT2D eigenvalue weighted by molar-refractivity contribution is -0.150. The second-order valence-electron chi connectivity index (χ2n) is 16.2. The summed E-state index contributed by atoms with van der Waals surface area (Å²) in [5, 5.41) is 22.6. The number of rotatable bonds is 43. The Morgan fingerprint density at radius 3 is 1.50 bits per heavy atom. The number of nitrogens with one attached hydrogen (secondary N) is 2. The Morgan fingerprint density at radius 1 is 0.517 bits per heavy atom. The minimum atomic E-state index is -1.38. The first kappa shape index (κ1) is 55.1. The van der Waals surface area contributed by atoms with Crippen LogP contribution in [0.25, 0.3) is 0 Å². The number of unbranched alkanes of at least 4 members (excludes halogenated alkanes) is 23. The van der Waals surface area contributed by atoms with Crippen LogP contribution in [-0.4, -0.2) is 59.3 Å². The number of carbonyl (C=O) groups is 4. The first-order chi connectivity index (χ1) is 28.3. The molecule has 0 rings (SSSR count). The number of carboxylic acids is 1. The van der Waals surface area contributed by atoms with Crippen LogP contribution in [0.1, 0.15) is 226 Å². The van der Waals surface area contributed by atoms with E-state index in [1.807, 2.05) is 0 Å². The molecule has 0 bridgehead atoms. The molecule has 0 spiro atoms. The monoisotopic (exact) mass is 817 g/mol. The molecule has 0 aromatic rings. The largest absolute Gasteiger partial charge is 0.480 e. The van der Waals surface area contributed by atoms with Gasteiger partial charge in [0.2, 0.25) is 11.8 Å². The van der Waals surface area contributed by atoms with E-state index in [2.05, 4.69) is 60.9 Å². The number of hydrogen-bond donors (Lipinski definition) is 4. The molecular formula is C49H88N2O7. The zero-order valence-corrected chi connectivity index (χ0v) is 37.3. The van der Waals surface area contributed by atoms with Gasteiger partial charge in [0.1, 0.15) is 12.1 Å². The zero-order chi connectivity index (χ0) is 42.6. The average molecular weight is 817 g/mol. The molecule has 0 aliphatic rings. The van der Waals surface area contributed by atoms with Crippen LogP contribution in [0.5, 0.6) is 0 Å². The zero-order valence-electron chi connectivity index (χ0n) is 37.3. The number of carboxylic acid groups (broad SMARTS) is 1. The van der Waals surface area contributed by atoms with E-state index in [1.165, 1.54) is 116 Å². The highest BCUT2D eigenvalue weighted by atomic mass is 16.5. The molecule has 9 heteroatoms. The molecule has 9 nitrogen and oxygen atoms in total. The van der Waals surface area contributed by atoms with Crippen molar-refractivity contribution in [3.05, 3.63) is 36.5 Å². The Hall–Kier alpha value is -2.94. The van der Waals surface area contributed by atoms with E-state index >= 15 is 0 Å². The molecule has 0 fully saturated rings. The maximum Gasteiger partial charge on any atom is 0.328 e. The number of aliphatic hydroxyl groups excluding tert-OH is 1. The van der Waals surface area contributed by atoms with Crippen molar-refractivity contribution in [3.63, 3.8) is 0 Å². The number of amides is 2. The second-order valence-corrected chi connectivity index (χ2v) is 16.2. The normalized spacial score (nSPS) is 12.7. The predicted molar refractivity (Wildman–Crippen MR) is 241 cm³/mol. The van der Waals surface area contributed by atoms with Gasteiger partial charge in [-0.05, 0) is 89.9 Å². The number of aliphatic carboxylic acids is 1. The predicted octanol–water partition coefficient (Wildman–Crippen LogP) is 12.2. The number of esters is 1. The third-order valence-electron chi connectivity index (χ3n) is 10.6. The van der Waals surface area contributed by atoms with Crippen molar-refractivity contribution in [2.24, 2.45) is 0 Å². The van der Waals surface area contributed by atoms with Gasteiger partial charge in [0.25, 0.3) is 0 Å². The molecule has 0 aromatic carbocycles. The lowest BCUT2D eigenvalue weighted by atomic mass is 10.0. The summed E-state index contributed by atoms with van der Waals surface area (Å²) in [5.74, 6) is -2.31. The molecule has 2 atom stereocenters. The molecule has 4 N–H and O–H groups in total. The Kier molecular flexibility index (Phi) is 41.4. The van der Waals surface area contributed by atoms with Gasteiger partial charge in [-0.1, -0.05) is 159 Å². The van der Waals surface area contributed by atoms with Gasteiger partial charge in [0.15, 0.2) is 0 Å². The second kappa shape index (κ2) is 43.6. The summed E-state index contributed by atoms with van der Waals surface area (Å²) >= 11 is 0. The molecule has 0 saturated heterocycles. The number of aliphatic hydroxyl groups is 1. The van der Waals surface area contributed by atoms with Crippen LogP contribution < -0.4 is 10.6 Å². The summed E-state index contributed by atoms with van der Waals surface area (Å²) in [6, 6.07) is -1.38. The van der Waals surface area contributed by atoms with Crippen molar-refractivity contribution in [1.29, 1.82) is 0 Å². The maximum atomic E-state index is 12.8. The smallest absolute Gasteiger partial charge is 0.328 e. The highest BCUT2D eigenvalue weighted by Gasteiger charge is 2.19. The maximum absolute atomic E-state index is 12.8. The fourth-order valence-electron chi connectivity index (χ4n) is 6.92. The van der Waals surface area contributed by atoms with Crippen molar-refractivity contribution >= 4 is 23.8 Å². The quantitative estimate of drug-likeness (QED) is 0.0273. The van der Waals surface area contributed by atoms with Crippen LogP contribution >= 0.6 is 0 Å². The molecule has 2 unspecified atom stereocenters. The summed E-state index contributed by atoms with van der Waals surface area (Å²) < 4.78 is 6.03.